The zero-order valence-electron chi connectivity index (χ0n) is 19.1. The summed E-state index contributed by atoms with van der Waals surface area (Å²) in [5.74, 6) is 0.841. The van der Waals surface area contributed by atoms with Crippen LogP contribution in [0.3, 0.4) is 0 Å². The highest BCUT2D eigenvalue weighted by Crippen LogP contribution is 2.29. The van der Waals surface area contributed by atoms with E-state index in [1.807, 2.05) is 11.0 Å². The summed E-state index contributed by atoms with van der Waals surface area (Å²) in [6, 6.07) is 11.8. The Hall–Kier alpha value is -2.95. The third-order valence-electron chi connectivity index (χ3n) is 6.64. The van der Waals surface area contributed by atoms with Crippen molar-refractivity contribution in [3.63, 3.8) is 0 Å². The Bertz CT molecular complexity index is 1360. The Balaban J connectivity index is 1.34. The van der Waals surface area contributed by atoms with E-state index in [0.29, 0.717) is 50.0 Å². The van der Waals surface area contributed by atoms with Crippen molar-refractivity contribution in [3.05, 3.63) is 64.6 Å². The number of rotatable bonds is 7. The maximum Gasteiger partial charge on any atom is 0.346 e. The van der Waals surface area contributed by atoms with Crippen LogP contribution in [0.25, 0.3) is 5.65 Å². The molecule has 5 rings (SSSR count). The van der Waals surface area contributed by atoms with E-state index in [4.69, 9.17) is 4.74 Å². The fraction of sp³-hybridized carbons (Fsp3) is 0.417. The van der Waals surface area contributed by atoms with Crippen molar-refractivity contribution >= 4 is 15.7 Å². The highest BCUT2D eigenvalue weighted by molar-refractivity contribution is 7.89. The van der Waals surface area contributed by atoms with Gasteiger partial charge < -0.3 is 9.84 Å². The van der Waals surface area contributed by atoms with E-state index in [1.54, 1.807) is 51.6 Å². The molecular formula is C24H28N4O5S. The monoisotopic (exact) mass is 484 g/mol. The predicted octanol–water partition coefficient (Wildman–Crippen LogP) is 0.586. The molecule has 0 unspecified atom stereocenters. The SMILES string of the molecule is COc1ccc(S(=O)(=O)N2CCN(Cc3c([O-])[n+](CC4CC4)c4ccccn4c3=O)CC2)cc1. The minimum Gasteiger partial charge on any atom is -0.842 e. The molecule has 1 aliphatic carbocycles. The number of sulfonamides is 1. The lowest BCUT2D eigenvalue weighted by Gasteiger charge is -2.34. The maximum atomic E-state index is 13.3. The van der Waals surface area contributed by atoms with Crippen molar-refractivity contribution < 1.29 is 22.8 Å². The molecule has 1 saturated carbocycles. The molecule has 2 aromatic heterocycles. The third-order valence-corrected chi connectivity index (χ3v) is 8.56. The first-order valence-corrected chi connectivity index (χ1v) is 12.9. The van der Waals surface area contributed by atoms with E-state index in [9.17, 15) is 18.3 Å². The summed E-state index contributed by atoms with van der Waals surface area (Å²) in [5, 5.41) is 13.3. The molecule has 9 nitrogen and oxygen atoms in total. The molecule has 1 saturated heterocycles. The Morgan fingerprint density at radius 1 is 1.06 bits per heavy atom. The van der Waals surface area contributed by atoms with E-state index in [1.165, 1.54) is 11.4 Å². The van der Waals surface area contributed by atoms with Crippen LogP contribution in [-0.2, 0) is 23.1 Å². The number of ether oxygens (including phenoxy) is 1. The number of nitrogens with zero attached hydrogens (tertiary/aromatic N) is 4. The molecule has 0 spiro atoms. The molecule has 0 amide bonds. The smallest absolute Gasteiger partial charge is 0.346 e. The number of hydrogen-bond donors (Lipinski definition) is 0. The summed E-state index contributed by atoms with van der Waals surface area (Å²) < 4.78 is 35.9. The molecule has 0 bridgehead atoms. The van der Waals surface area contributed by atoms with Gasteiger partial charge in [-0.15, -0.1) is 0 Å². The number of piperazine rings is 1. The van der Waals surface area contributed by atoms with Gasteiger partial charge in [-0.2, -0.15) is 8.71 Å². The first kappa shape index (κ1) is 22.8. The van der Waals surface area contributed by atoms with Gasteiger partial charge in [-0.1, -0.05) is 6.07 Å². The van der Waals surface area contributed by atoms with Crippen molar-refractivity contribution in [2.24, 2.45) is 5.92 Å². The summed E-state index contributed by atoms with van der Waals surface area (Å²) >= 11 is 0. The molecule has 2 fully saturated rings. The molecule has 180 valence electrons. The van der Waals surface area contributed by atoms with Crippen molar-refractivity contribution in [2.75, 3.05) is 33.3 Å². The van der Waals surface area contributed by atoms with Gasteiger partial charge in [0, 0.05) is 38.8 Å². The van der Waals surface area contributed by atoms with Gasteiger partial charge in [-0.3, -0.25) is 4.90 Å². The van der Waals surface area contributed by atoms with E-state index in [2.05, 4.69) is 0 Å². The number of hydrogen-bond acceptors (Lipinski definition) is 6. The number of fused-ring (bicyclic) bond motifs is 1. The first-order chi connectivity index (χ1) is 16.4. The second-order valence-corrected chi connectivity index (χ2v) is 10.9. The summed E-state index contributed by atoms with van der Waals surface area (Å²) in [6.07, 6.45) is 3.90. The third kappa shape index (κ3) is 4.28. The average molecular weight is 485 g/mol. The van der Waals surface area contributed by atoms with Gasteiger partial charge >= 0.3 is 5.56 Å². The zero-order chi connectivity index (χ0) is 23.9. The van der Waals surface area contributed by atoms with Crippen LogP contribution in [0.1, 0.15) is 18.4 Å². The lowest BCUT2D eigenvalue weighted by atomic mass is 10.2. The normalized spacial score (nSPS) is 17.8. The van der Waals surface area contributed by atoms with Crippen LogP contribution in [0.4, 0.5) is 0 Å². The fourth-order valence-corrected chi connectivity index (χ4v) is 5.87. The van der Waals surface area contributed by atoms with Gasteiger partial charge in [0.15, 0.2) is 0 Å². The van der Waals surface area contributed by atoms with Gasteiger partial charge in [0.05, 0.1) is 36.2 Å². The molecule has 34 heavy (non-hydrogen) atoms. The number of benzene rings is 1. The van der Waals surface area contributed by atoms with Crippen LogP contribution in [0, 0.1) is 5.92 Å². The summed E-state index contributed by atoms with van der Waals surface area (Å²) in [7, 11) is -2.09. The first-order valence-electron chi connectivity index (χ1n) is 11.5. The van der Waals surface area contributed by atoms with Gasteiger partial charge in [0.2, 0.25) is 10.0 Å². The van der Waals surface area contributed by atoms with Crippen molar-refractivity contribution in [1.29, 1.82) is 0 Å². The second-order valence-electron chi connectivity index (χ2n) is 8.93. The summed E-state index contributed by atoms with van der Waals surface area (Å²) in [5.41, 5.74) is 0.542. The highest BCUT2D eigenvalue weighted by Gasteiger charge is 2.31. The Morgan fingerprint density at radius 2 is 1.76 bits per heavy atom. The average Bonchev–Trinajstić information content (AvgIpc) is 3.69. The molecule has 2 aliphatic rings. The Labute approximate surface area is 198 Å². The number of methoxy groups -OCH3 is 1. The lowest BCUT2D eigenvalue weighted by molar-refractivity contribution is -0.719. The van der Waals surface area contributed by atoms with E-state index < -0.39 is 10.0 Å². The highest BCUT2D eigenvalue weighted by atomic mass is 32.2. The number of aromatic nitrogens is 2. The Morgan fingerprint density at radius 3 is 2.41 bits per heavy atom. The van der Waals surface area contributed by atoms with Crippen LogP contribution < -0.4 is 20.0 Å². The van der Waals surface area contributed by atoms with Crippen molar-refractivity contribution in [2.45, 2.75) is 30.8 Å². The van der Waals surface area contributed by atoms with Crippen molar-refractivity contribution in [3.8, 4) is 11.6 Å². The van der Waals surface area contributed by atoms with E-state index in [-0.39, 0.29) is 28.4 Å². The summed E-state index contributed by atoms with van der Waals surface area (Å²) in [4.78, 5) is 15.3. The largest absolute Gasteiger partial charge is 0.842 e. The minimum absolute atomic E-state index is 0.205. The van der Waals surface area contributed by atoms with Gasteiger partial charge in [-0.25, -0.2) is 17.8 Å². The second kappa shape index (κ2) is 9.01. The quantitative estimate of drug-likeness (QED) is 0.455. The molecule has 10 heteroatoms. The van der Waals surface area contributed by atoms with E-state index >= 15 is 0 Å². The molecule has 3 aromatic rings. The van der Waals surface area contributed by atoms with Crippen LogP contribution >= 0.6 is 0 Å². The minimum atomic E-state index is -3.62. The molecule has 1 aromatic carbocycles. The number of pyridine rings is 1. The van der Waals surface area contributed by atoms with Crippen LogP contribution in [0.5, 0.6) is 11.6 Å². The van der Waals surface area contributed by atoms with Gasteiger partial charge in [0.25, 0.3) is 5.65 Å². The zero-order valence-corrected chi connectivity index (χ0v) is 19.9. The van der Waals surface area contributed by atoms with E-state index in [0.717, 1.165) is 12.8 Å². The van der Waals surface area contributed by atoms with Crippen molar-refractivity contribution in [1.82, 2.24) is 13.6 Å². The molecule has 0 atom stereocenters. The fourth-order valence-electron chi connectivity index (χ4n) is 4.45. The topological polar surface area (TPSA) is 98.3 Å². The summed E-state index contributed by atoms with van der Waals surface area (Å²) in [6.45, 7) is 2.28. The lowest BCUT2D eigenvalue weighted by Crippen LogP contribution is -2.50. The standard InChI is InChI=1S/C24H28N4O5S/c1-33-19-7-9-20(10-8-19)34(31,32)26-14-12-25(13-15-26)17-21-23(29)27-11-3-2-4-22(27)28(24(21)30)16-18-5-6-18/h2-4,7-11,18H,5-6,12-17H2,1H3. The van der Waals surface area contributed by atoms with Crippen LogP contribution in [0.15, 0.2) is 58.4 Å². The molecule has 0 radical (unpaired) electrons. The molecule has 3 heterocycles. The van der Waals surface area contributed by atoms with Gasteiger partial charge in [0.1, 0.15) is 5.75 Å². The Kier molecular flexibility index (Phi) is 6.05. The predicted molar refractivity (Wildman–Crippen MR) is 123 cm³/mol. The van der Waals surface area contributed by atoms with Gasteiger partial charge in [-0.05, 0) is 49.1 Å². The van der Waals surface area contributed by atoms with Crippen LogP contribution in [0.2, 0.25) is 0 Å². The molecule has 0 N–H and O–H groups in total. The molecular weight excluding hydrogens is 456 g/mol. The molecule has 1 aliphatic heterocycles. The maximum absolute atomic E-state index is 13.3. The van der Waals surface area contributed by atoms with Crippen LogP contribution in [-0.4, -0.2) is 55.3 Å².